The molecule has 1 unspecified atom stereocenters. The molecule has 4 rings (SSSR count). The molecule has 2 aromatic carbocycles. The largest absolute Gasteiger partial charge is 0.325 e. The standard InChI is InChI=1S/C23H25N5O2S/c1-14-6-10-18(11-7-14)24-20(29)13-31-15(2)23(30)25-19-5-3-4-17(12-19)22-26-21(27-28-22)16-8-9-16/h3-7,10-12,15-16H,8-9,13H2,1-2H3,(H,24,29)(H,25,30)(H,26,27,28). The van der Waals surface area contributed by atoms with Gasteiger partial charge in [-0.2, -0.15) is 5.10 Å². The minimum absolute atomic E-state index is 0.133. The molecule has 7 nitrogen and oxygen atoms in total. The number of thioether (sulfide) groups is 1. The van der Waals surface area contributed by atoms with Gasteiger partial charge in [-0.25, -0.2) is 4.98 Å². The zero-order chi connectivity index (χ0) is 21.8. The number of nitrogens with zero attached hydrogens (tertiary/aromatic N) is 2. The van der Waals surface area contributed by atoms with Crippen molar-refractivity contribution in [3.05, 3.63) is 59.9 Å². The summed E-state index contributed by atoms with van der Waals surface area (Å²) in [5.74, 6) is 1.98. The third-order valence-corrected chi connectivity index (χ3v) is 6.17. The number of hydrogen-bond donors (Lipinski definition) is 3. The highest BCUT2D eigenvalue weighted by Gasteiger charge is 2.27. The maximum atomic E-state index is 12.6. The highest BCUT2D eigenvalue weighted by atomic mass is 32.2. The van der Waals surface area contributed by atoms with Crippen LogP contribution < -0.4 is 10.6 Å². The molecule has 1 saturated carbocycles. The van der Waals surface area contributed by atoms with Gasteiger partial charge in [-0.15, -0.1) is 11.8 Å². The van der Waals surface area contributed by atoms with Gasteiger partial charge in [0.2, 0.25) is 11.8 Å². The van der Waals surface area contributed by atoms with E-state index in [1.165, 1.54) is 11.8 Å². The normalized spacial score (nSPS) is 14.1. The number of hydrogen-bond acceptors (Lipinski definition) is 5. The first kappa shape index (κ1) is 21.1. The van der Waals surface area contributed by atoms with E-state index in [1.807, 2.05) is 55.5 Å². The van der Waals surface area contributed by atoms with Gasteiger partial charge >= 0.3 is 0 Å². The van der Waals surface area contributed by atoms with Gasteiger partial charge in [0, 0.05) is 22.9 Å². The van der Waals surface area contributed by atoms with Gasteiger partial charge in [0.05, 0.1) is 11.0 Å². The van der Waals surface area contributed by atoms with Crippen LogP contribution in [0.1, 0.15) is 37.1 Å². The Hall–Kier alpha value is -3.13. The molecule has 1 atom stereocenters. The third kappa shape index (κ3) is 5.73. The first-order valence-corrected chi connectivity index (χ1v) is 11.3. The lowest BCUT2D eigenvalue weighted by atomic mass is 10.2. The number of nitrogens with one attached hydrogen (secondary N) is 3. The lowest BCUT2D eigenvalue weighted by Gasteiger charge is -2.12. The van der Waals surface area contributed by atoms with Crippen LogP contribution in [-0.4, -0.2) is 38.0 Å². The Kier molecular flexibility index (Phi) is 6.36. The smallest absolute Gasteiger partial charge is 0.237 e. The lowest BCUT2D eigenvalue weighted by molar-refractivity contribution is -0.115. The van der Waals surface area contributed by atoms with Crippen LogP contribution in [0.3, 0.4) is 0 Å². The molecule has 1 aromatic heterocycles. The first-order valence-electron chi connectivity index (χ1n) is 10.3. The van der Waals surface area contributed by atoms with Crippen LogP contribution in [-0.2, 0) is 9.59 Å². The summed E-state index contributed by atoms with van der Waals surface area (Å²) in [6.45, 7) is 3.79. The fourth-order valence-electron chi connectivity index (χ4n) is 3.03. The van der Waals surface area contributed by atoms with Crippen molar-refractivity contribution >= 4 is 35.0 Å². The van der Waals surface area contributed by atoms with E-state index in [0.717, 1.165) is 35.5 Å². The van der Waals surface area contributed by atoms with Gasteiger partial charge in [0.1, 0.15) is 5.82 Å². The van der Waals surface area contributed by atoms with Gasteiger partial charge in [-0.3, -0.25) is 14.7 Å². The van der Waals surface area contributed by atoms with Gasteiger partial charge < -0.3 is 10.6 Å². The number of aromatic nitrogens is 3. The van der Waals surface area contributed by atoms with Crippen LogP contribution in [0.2, 0.25) is 0 Å². The Labute approximate surface area is 185 Å². The van der Waals surface area contributed by atoms with Crippen molar-refractivity contribution in [1.29, 1.82) is 0 Å². The maximum absolute atomic E-state index is 12.6. The lowest BCUT2D eigenvalue weighted by Crippen LogP contribution is -2.25. The Balaban J connectivity index is 1.29. The summed E-state index contributed by atoms with van der Waals surface area (Å²) in [6.07, 6.45) is 2.31. The van der Waals surface area contributed by atoms with E-state index in [-0.39, 0.29) is 22.8 Å². The first-order chi connectivity index (χ1) is 15.0. The molecule has 31 heavy (non-hydrogen) atoms. The monoisotopic (exact) mass is 435 g/mol. The number of benzene rings is 2. The molecule has 0 radical (unpaired) electrons. The third-order valence-electron chi connectivity index (χ3n) is 5.02. The molecule has 3 N–H and O–H groups in total. The number of rotatable bonds is 8. The van der Waals surface area contributed by atoms with E-state index in [4.69, 9.17) is 0 Å². The minimum Gasteiger partial charge on any atom is -0.325 e. The molecular weight excluding hydrogens is 410 g/mol. The minimum atomic E-state index is -0.377. The van der Waals surface area contributed by atoms with E-state index in [2.05, 4.69) is 25.8 Å². The Bertz CT molecular complexity index is 1080. The quantitative estimate of drug-likeness (QED) is 0.488. The molecular formula is C23H25N5O2S. The number of H-pyrrole nitrogens is 1. The van der Waals surface area contributed by atoms with Crippen LogP contribution in [0.5, 0.6) is 0 Å². The second kappa shape index (κ2) is 9.34. The van der Waals surface area contributed by atoms with Crippen LogP contribution >= 0.6 is 11.8 Å². The SMILES string of the molecule is Cc1ccc(NC(=O)CSC(C)C(=O)Nc2cccc(-c3n[nH]c(C4CC4)n3)c2)cc1. The van der Waals surface area contributed by atoms with Gasteiger partial charge in [-0.05, 0) is 51.0 Å². The molecule has 0 saturated heterocycles. The number of aromatic amines is 1. The summed E-state index contributed by atoms with van der Waals surface area (Å²) < 4.78 is 0. The summed E-state index contributed by atoms with van der Waals surface area (Å²) >= 11 is 1.29. The summed E-state index contributed by atoms with van der Waals surface area (Å²) in [4.78, 5) is 29.3. The Morgan fingerprint density at radius 3 is 2.65 bits per heavy atom. The Morgan fingerprint density at radius 1 is 1.13 bits per heavy atom. The molecule has 1 fully saturated rings. The molecule has 1 aliphatic carbocycles. The van der Waals surface area contributed by atoms with E-state index in [1.54, 1.807) is 6.92 Å². The summed E-state index contributed by atoms with van der Waals surface area (Å²) in [5, 5.41) is 12.7. The van der Waals surface area contributed by atoms with Crippen molar-refractivity contribution in [2.24, 2.45) is 0 Å². The predicted molar refractivity (Wildman–Crippen MR) is 124 cm³/mol. The highest BCUT2D eigenvalue weighted by molar-refractivity contribution is 8.01. The Morgan fingerprint density at radius 2 is 1.90 bits per heavy atom. The number of aryl methyl sites for hydroxylation is 1. The van der Waals surface area contributed by atoms with Crippen LogP contribution in [0.15, 0.2) is 48.5 Å². The molecule has 1 heterocycles. The molecule has 3 aromatic rings. The van der Waals surface area contributed by atoms with Crippen molar-refractivity contribution < 1.29 is 9.59 Å². The van der Waals surface area contributed by atoms with Gasteiger partial charge in [-0.1, -0.05) is 29.8 Å². The molecule has 1 aliphatic rings. The molecule has 0 bridgehead atoms. The summed E-state index contributed by atoms with van der Waals surface area (Å²) in [6, 6.07) is 15.1. The number of carbonyl (C=O) groups is 2. The maximum Gasteiger partial charge on any atom is 0.237 e. The fraction of sp³-hybridized carbons (Fsp3) is 0.304. The molecule has 160 valence electrons. The highest BCUT2D eigenvalue weighted by Crippen LogP contribution is 2.38. The van der Waals surface area contributed by atoms with E-state index in [9.17, 15) is 9.59 Å². The van der Waals surface area contributed by atoms with Crippen molar-refractivity contribution in [3.63, 3.8) is 0 Å². The molecule has 8 heteroatoms. The van der Waals surface area contributed by atoms with Gasteiger partial charge in [0.25, 0.3) is 0 Å². The number of carbonyl (C=O) groups excluding carboxylic acids is 2. The average Bonchev–Trinajstić information content (AvgIpc) is 3.50. The number of anilines is 2. The predicted octanol–water partition coefficient (Wildman–Crippen LogP) is 4.36. The number of amides is 2. The second-order valence-corrected chi connectivity index (χ2v) is 9.09. The van der Waals surface area contributed by atoms with Crippen molar-refractivity contribution in [2.45, 2.75) is 37.9 Å². The van der Waals surface area contributed by atoms with E-state index < -0.39 is 0 Å². The van der Waals surface area contributed by atoms with Gasteiger partial charge in [0.15, 0.2) is 5.82 Å². The van der Waals surface area contributed by atoms with Crippen molar-refractivity contribution in [2.75, 3.05) is 16.4 Å². The molecule has 2 amide bonds. The molecule has 0 spiro atoms. The van der Waals surface area contributed by atoms with E-state index in [0.29, 0.717) is 17.4 Å². The van der Waals surface area contributed by atoms with Crippen molar-refractivity contribution in [3.8, 4) is 11.4 Å². The topological polar surface area (TPSA) is 99.8 Å². The van der Waals surface area contributed by atoms with Crippen LogP contribution in [0.25, 0.3) is 11.4 Å². The zero-order valence-electron chi connectivity index (χ0n) is 17.5. The average molecular weight is 436 g/mol. The van der Waals surface area contributed by atoms with Crippen LogP contribution in [0.4, 0.5) is 11.4 Å². The summed E-state index contributed by atoms with van der Waals surface area (Å²) in [5.41, 5.74) is 3.41. The van der Waals surface area contributed by atoms with E-state index >= 15 is 0 Å². The fourth-order valence-corrected chi connectivity index (χ4v) is 3.72. The van der Waals surface area contributed by atoms with Crippen molar-refractivity contribution in [1.82, 2.24) is 15.2 Å². The zero-order valence-corrected chi connectivity index (χ0v) is 18.3. The summed E-state index contributed by atoms with van der Waals surface area (Å²) in [7, 11) is 0. The van der Waals surface area contributed by atoms with Crippen LogP contribution in [0, 0.1) is 6.92 Å². The second-order valence-electron chi connectivity index (χ2n) is 7.76. The molecule has 0 aliphatic heterocycles.